The topological polar surface area (TPSA) is 147 Å². The van der Waals surface area contributed by atoms with E-state index in [1.54, 1.807) is 96.8 Å². The molecular weight excluding hydrogens is 749 g/mol. The molecule has 3 aliphatic heterocycles. The minimum atomic E-state index is -1.42. The van der Waals surface area contributed by atoms with Crippen LogP contribution in [0.5, 0.6) is 11.5 Å². The maximum absolute atomic E-state index is 14.9. The summed E-state index contributed by atoms with van der Waals surface area (Å²) in [7, 11) is 3.13. The second-order valence-electron chi connectivity index (χ2n) is 15.3. The maximum Gasteiger partial charge on any atom is 0.264 e. The number of amides is 4. The first-order chi connectivity index (χ1) is 28.6. The second-order valence-corrected chi connectivity index (χ2v) is 15.3. The summed E-state index contributed by atoms with van der Waals surface area (Å²) in [6, 6.07) is 33.9. The Morgan fingerprint density at radius 1 is 0.797 bits per heavy atom. The number of aliphatic hydroxyl groups excluding tert-OH is 1. The van der Waals surface area contributed by atoms with Crippen LogP contribution in [-0.4, -0.2) is 66.6 Å². The summed E-state index contributed by atoms with van der Waals surface area (Å²) in [5.41, 5.74) is 4.83. The summed E-state index contributed by atoms with van der Waals surface area (Å²) >= 11 is 0. The number of benzene rings is 5. The molecule has 0 radical (unpaired) electrons. The highest BCUT2D eigenvalue weighted by Gasteiger charge is 2.60. The van der Waals surface area contributed by atoms with Crippen molar-refractivity contribution < 1.29 is 38.5 Å². The molecule has 3 N–H and O–H groups in total. The number of nitrogens with zero attached hydrogens (tertiary/aromatic N) is 2. The van der Waals surface area contributed by atoms with Crippen LogP contribution in [-0.2, 0) is 39.4 Å². The van der Waals surface area contributed by atoms with Gasteiger partial charge in [0, 0.05) is 40.5 Å². The molecule has 3 aliphatic rings. The number of carbonyl (C=O) groups excluding carboxylic acids is 4. The lowest BCUT2D eigenvalue weighted by Crippen LogP contribution is -2.47. The molecule has 0 aliphatic carbocycles. The fraction of sp³-hybridized carbons (Fsp3) is 0.277. The van der Waals surface area contributed by atoms with Gasteiger partial charge in [-0.2, -0.15) is 0 Å². The lowest BCUT2D eigenvalue weighted by atomic mass is 9.82. The highest BCUT2D eigenvalue weighted by molar-refractivity contribution is 6.09. The summed E-state index contributed by atoms with van der Waals surface area (Å²) in [6.07, 6.45) is 0.484. The monoisotopic (exact) mass is 794 g/mol. The number of aliphatic hydroxyl groups is 1. The molecule has 3 heterocycles. The van der Waals surface area contributed by atoms with Gasteiger partial charge in [-0.1, -0.05) is 43.3 Å². The van der Waals surface area contributed by atoms with Crippen LogP contribution in [0, 0.1) is 5.92 Å². The fourth-order valence-corrected chi connectivity index (χ4v) is 8.55. The summed E-state index contributed by atoms with van der Waals surface area (Å²) in [4.78, 5) is 58.6. The average Bonchev–Trinajstić information content (AvgIpc) is 3.71. The number of ether oxygens (including phenoxy) is 3. The van der Waals surface area contributed by atoms with Crippen LogP contribution < -0.4 is 25.0 Å². The molecule has 0 bridgehead atoms. The zero-order chi connectivity index (χ0) is 41.3. The summed E-state index contributed by atoms with van der Waals surface area (Å²) in [5, 5.41) is 16.2. The lowest BCUT2D eigenvalue weighted by molar-refractivity contribution is -0.151. The molecule has 302 valence electrons. The number of rotatable bonds is 11. The van der Waals surface area contributed by atoms with Crippen molar-refractivity contribution in [2.75, 3.05) is 36.4 Å². The van der Waals surface area contributed by atoms with Crippen LogP contribution in [0.2, 0.25) is 0 Å². The Balaban J connectivity index is 1.05. The van der Waals surface area contributed by atoms with Gasteiger partial charge in [0.2, 0.25) is 5.91 Å². The van der Waals surface area contributed by atoms with Crippen LogP contribution in [0.4, 0.5) is 17.1 Å². The average molecular weight is 795 g/mol. The molecule has 1 fully saturated rings. The second kappa shape index (κ2) is 16.4. The van der Waals surface area contributed by atoms with E-state index in [4.69, 9.17) is 14.2 Å². The molecule has 8 rings (SSSR count). The van der Waals surface area contributed by atoms with Crippen molar-refractivity contribution in [1.82, 2.24) is 4.90 Å². The van der Waals surface area contributed by atoms with E-state index in [-0.39, 0.29) is 55.2 Å². The van der Waals surface area contributed by atoms with Crippen molar-refractivity contribution in [3.8, 4) is 11.5 Å². The van der Waals surface area contributed by atoms with Gasteiger partial charge in [-0.15, -0.1) is 0 Å². The molecule has 12 heteroatoms. The van der Waals surface area contributed by atoms with Crippen LogP contribution in [0.3, 0.4) is 0 Å². The van der Waals surface area contributed by atoms with E-state index in [1.807, 2.05) is 49.4 Å². The van der Waals surface area contributed by atoms with Gasteiger partial charge in [0.1, 0.15) is 11.5 Å². The van der Waals surface area contributed by atoms with Crippen molar-refractivity contribution in [2.24, 2.45) is 5.92 Å². The van der Waals surface area contributed by atoms with Crippen LogP contribution in [0.15, 0.2) is 115 Å². The number of fused-ring (bicyclic) bond motifs is 3. The van der Waals surface area contributed by atoms with Crippen molar-refractivity contribution in [3.63, 3.8) is 0 Å². The van der Waals surface area contributed by atoms with Crippen molar-refractivity contribution in [1.29, 1.82) is 0 Å². The van der Waals surface area contributed by atoms with E-state index in [0.717, 1.165) is 16.7 Å². The molecule has 1 spiro atoms. The van der Waals surface area contributed by atoms with Gasteiger partial charge in [0.15, 0.2) is 5.60 Å². The molecule has 12 nitrogen and oxygen atoms in total. The molecule has 0 saturated carbocycles. The number of nitrogens with one attached hydrogen (secondary N) is 2. The quantitative estimate of drug-likeness (QED) is 0.134. The van der Waals surface area contributed by atoms with E-state index < -0.39 is 11.7 Å². The third-order valence-corrected chi connectivity index (χ3v) is 11.7. The summed E-state index contributed by atoms with van der Waals surface area (Å²) in [5.74, 6) is -0.0339. The minimum absolute atomic E-state index is 0.0466. The molecule has 5 aromatic carbocycles. The van der Waals surface area contributed by atoms with E-state index in [0.29, 0.717) is 64.6 Å². The van der Waals surface area contributed by atoms with Crippen molar-refractivity contribution >= 4 is 40.7 Å². The SMILES string of the molecule is COc1ccc(C(=O)Nc2ccc(CN3C(=O)[C@]4(O[C@H](CC(=O)N5Cc6ccccc6C[C@H]5CO)C[C@@H]4C)c4cc(NC(=O)c5ccc(OC)cc5)ccc43)cc2)cc1. The van der Waals surface area contributed by atoms with Gasteiger partial charge < -0.3 is 39.8 Å². The number of methoxy groups -OCH3 is 2. The highest BCUT2D eigenvalue weighted by Crippen LogP contribution is 2.54. The standard InChI is InChI=1S/C47H46N4O8/c1-29-22-40(25-43(53)50-27-34-7-5-4-6-33(34)23-37(50)28-52)59-47(29)41-24-36(49-45(55)32-12-19-39(58-3)20-13-32)16-21-42(41)51(46(47)56)26-30-8-14-35(15-9-30)48-44(54)31-10-17-38(57-2)18-11-31/h4-21,24,29,37,40,52H,22-23,25-28H2,1-3H3,(H,48,54)(H,49,55)/t29-,37-,40-,47+/m0/s1. The molecule has 4 atom stereocenters. The Kier molecular flexibility index (Phi) is 10.9. The van der Waals surface area contributed by atoms with Gasteiger partial charge in [-0.05, 0) is 108 Å². The molecule has 4 amide bonds. The molecule has 1 saturated heterocycles. The largest absolute Gasteiger partial charge is 0.497 e. The first-order valence-corrected chi connectivity index (χ1v) is 19.7. The van der Waals surface area contributed by atoms with Crippen LogP contribution >= 0.6 is 0 Å². The van der Waals surface area contributed by atoms with E-state index in [1.165, 1.54) is 0 Å². The Labute approximate surface area is 342 Å². The molecule has 5 aromatic rings. The Bertz CT molecular complexity index is 2380. The Morgan fingerprint density at radius 2 is 1.39 bits per heavy atom. The predicted octanol–water partition coefficient (Wildman–Crippen LogP) is 6.71. The molecule has 0 unspecified atom stereocenters. The summed E-state index contributed by atoms with van der Waals surface area (Å²) in [6.45, 7) is 2.41. The normalized spacial score (nSPS) is 20.5. The fourth-order valence-electron chi connectivity index (χ4n) is 8.55. The molecular formula is C47H46N4O8. The van der Waals surface area contributed by atoms with E-state index in [2.05, 4.69) is 10.6 Å². The van der Waals surface area contributed by atoms with Crippen LogP contribution in [0.25, 0.3) is 0 Å². The Morgan fingerprint density at radius 3 is 2.00 bits per heavy atom. The minimum Gasteiger partial charge on any atom is -0.497 e. The Hall–Kier alpha value is -6.50. The van der Waals surface area contributed by atoms with Crippen molar-refractivity contribution in [2.45, 2.75) is 57.0 Å². The smallest absolute Gasteiger partial charge is 0.264 e. The van der Waals surface area contributed by atoms with Gasteiger partial charge >= 0.3 is 0 Å². The first kappa shape index (κ1) is 39.3. The predicted molar refractivity (Wildman–Crippen MR) is 222 cm³/mol. The molecule has 0 aromatic heterocycles. The molecule has 59 heavy (non-hydrogen) atoms. The number of hydrogen-bond acceptors (Lipinski definition) is 8. The zero-order valence-electron chi connectivity index (χ0n) is 33.1. The third kappa shape index (κ3) is 7.64. The number of hydrogen-bond donors (Lipinski definition) is 3. The highest BCUT2D eigenvalue weighted by atomic mass is 16.5. The van der Waals surface area contributed by atoms with Gasteiger partial charge in [0.25, 0.3) is 17.7 Å². The van der Waals surface area contributed by atoms with Gasteiger partial charge in [-0.3, -0.25) is 19.2 Å². The zero-order valence-corrected chi connectivity index (χ0v) is 33.1. The first-order valence-electron chi connectivity index (χ1n) is 19.7. The van der Waals surface area contributed by atoms with E-state index in [9.17, 15) is 24.3 Å². The number of carbonyl (C=O) groups is 4. The van der Waals surface area contributed by atoms with E-state index >= 15 is 0 Å². The van der Waals surface area contributed by atoms with Crippen molar-refractivity contribution in [3.05, 3.63) is 149 Å². The third-order valence-electron chi connectivity index (χ3n) is 11.7. The summed E-state index contributed by atoms with van der Waals surface area (Å²) < 4.78 is 17.3. The number of anilines is 3. The van der Waals surface area contributed by atoms with Crippen LogP contribution in [0.1, 0.15) is 62.7 Å². The van der Waals surface area contributed by atoms with Gasteiger partial charge in [-0.25, -0.2) is 0 Å². The van der Waals surface area contributed by atoms with Gasteiger partial charge in [0.05, 0.1) is 51.6 Å². The lowest BCUT2D eigenvalue weighted by Gasteiger charge is -2.36. The maximum atomic E-state index is 14.9.